The largest absolute Gasteiger partial charge is 0.481 e. The normalized spacial score (nSPS) is 14.0. The fourth-order valence-electron chi connectivity index (χ4n) is 1.33. The number of carboxylic acids is 1. The zero-order valence-corrected chi connectivity index (χ0v) is 11.9. The van der Waals surface area contributed by atoms with E-state index in [4.69, 9.17) is 5.11 Å². The molecule has 0 saturated carbocycles. The summed E-state index contributed by atoms with van der Waals surface area (Å²) in [5, 5.41) is 9.39. The number of halogens is 7. The third-order valence-corrected chi connectivity index (χ3v) is 2.56. The standard InChI is InChI=1S/C11H12F7NO5/c1-2-24-7(22)5(3-4-6(20)21)19-8(23)9(12,13)10(14,15)11(16,17)18/h5H,2-4H2,1H3,(H,19,23)(H,20,21)/t5-/m1/s1. The molecule has 2 N–H and O–H groups in total. The van der Waals surface area contributed by atoms with Gasteiger partial charge in [-0.3, -0.25) is 9.59 Å². The van der Waals surface area contributed by atoms with E-state index in [-0.39, 0.29) is 6.61 Å². The van der Waals surface area contributed by atoms with Crippen molar-refractivity contribution in [2.24, 2.45) is 0 Å². The fourth-order valence-corrected chi connectivity index (χ4v) is 1.33. The van der Waals surface area contributed by atoms with Crippen LogP contribution in [0.5, 0.6) is 0 Å². The van der Waals surface area contributed by atoms with Crippen molar-refractivity contribution in [3.8, 4) is 0 Å². The van der Waals surface area contributed by atoms with Crippen LogP contribution in [-0.4, -0.2) is 53.6 Å². The van der Waals surface area contributed by atoms with E-state index in [1.54, 1.807) is 0 Å². The summed E-state index contributed by atoms with van der Waals surface area (Å²) in [6.45, 7) is 0.910. The summed E-state index contributed by atoms with van der Waals surface area (Å²) in [5.41, 5.74) is 0. The molecule has 0 radical (unpaired) electrons. The molecule has 1 amide bonds. The number of nitrogens with one attached hydrogen (secondary N) is 1. The molecule has 0 spiro atoms. The maximum Gasteiger partial charge on any atom is 0.460 e. The summed E-state index contributed by atoms with van der Waals surface area (Å²) >= 11 is 0. The second kappa shape index (κ2) is 7.66. The van der Waals surface area contributed by atoms with E-state index in [1.807, 2.05) is 0 Å². The van der Waals surface area contributed by atoms with Crippen LogP contribution in [0.1, 0.15) is 19.8 Å². The van der Waals surface area contributed by atoms with E-state index in [0.717, 1.165) is 5.32 Å². The van der Waals surface area contributed by atoms with Crippen molar-refractivity contribution in [1.82, 2.24) is 5.32 Å². The van der Waals surface area contributed by atoms with Crippen LogP contribution < -0.4 is 5.32 Å². The van der Waals surface area contributed by atoms with Gasteiger partial charge in [-0.15, -0.1) is 0 Å². The van der Waals surface area contributed by atoms with Gasteiger partial charge in [-0.1, -0.05) is 0 Å². The van der Waals surface area contributed by atoms with Gasteiger partial charge in [-0.05, 0) is 13.3 Å². The Bertz CT molecular complexity index is 492. The average Bonchev–Trinajstić information content (AvgIpc) is 2.41. The van der Waals surface area contributed by atoms with Gasteiger partial charge >= 0.3 is 30.0 Å². The number of carbonyl (C=O) groups is 3. The molecule has 1 atom stereocenters. The number of hydrogen-bond acceptors (Lipinski definition) is 4. The van der Waals surface area contributed by atoms with Crippen LogP contribution in [0.3, 0.4) is 0 Å². The SMILES string of the molecule is CCOC(=O)[C@@H](CCC(=O)O)NC(=O)C(F)(F)C(F)(F)C(F)(F)F. The molecule has 0 aliphatic heterocycles. The highest BCUT2D eigenvalue weighted by molar-refractivity contribution is 5.89. The first-order valence-corrected chi connectivity index (χ1v) is 6.20. The highest BCUT2D eigenvalue weighted by Crippen LogP contribution is 2.46. The van der Waals surface area contributed by atoms with E-state index < -0.39 is 54.8 Å². The zero-order chi connectivity index (χ0) is 19.3. The number of carboxylic acid groups (broad SMARTS) is 1. The predicted octanol–water partition coefficient (Wildman–Crippen LogP) is 1.73. The van der Waals surface area contributed by atoms with Crippen molar-refractivity contribution in [3.05, 3.63) is 0 Å². The minimum atomic E-state index is -6.73. The fraction of sp³-hybridized carbons (Fsp3) is 0.727. The van der Waals surface area contributed by atoms with Crippen LogP contribution in [-0.2, 0) is 19.1 Å². The Labute approximate surface area is 129 Å². The van der Waals surface area contributed by atoms with E-state index in [1.165, 1.54) is 6.92 Å². The molecule has 0 fully saturated rings. The Morgan fingerprint density at radius 2 is 1.58 bits per heavy atom. The average molecular weight is 371 g/mol. The third kappa shape index (κ3) is 4.96. The molecule has 0 aliphatic carbocycles. The topological polar surface area (TPSA) is 92.7 Å². The number of ether oxygens (including phenoxy) is 1. The van der Waals surface area contributed by atoms with Crippen LogP contribution in [0.4, 0.5) is 30.7 Å². The molecule has 0 bridgehead atoms. The van der Waals surface area contributed by atoms with Crippen LogP contribution in [0.2, 0.25) is 0 Å². The van der Waals surface area contributed by atoms with Gasteiger partial charge in [-0.25, -0.2) is 4.79 Å². The van der Waals surface area contributed by atoms with Gasteiger partial charge in [0.25, 0.3) is 5.91 Å². The zero-order valence-electron chi connectivity index (χ0n) is 11.9. The minimum absolute atomic E-state index is 0.340. The molecule has 13 heteroatoms. The second-order valence-corrected chi connectivity index (χ2v) is 4.36. The van der Waals surface area contributed by atoms with Crippen molar-refractivity contribution in [3.63, 3.8) is 0 Å². The molecule has 0 aromatic rings. The smallest absolute Gasteiger partial charge is 0.460 e. The lowest BCUT2D eigenvalue weighted by Gasteiger charge is -2.28. The lowest BCUT2D eigenvalue weighted by molar-refractivity contribution is -0.344. The molecular formula is C11H12F7NO5. The van der Waals surface area contributed by atoms with Crippen molar-refractivity contribution >= 4 is 17.8 Å². The van der Waals surface area contributed by atoms with Crippen LogP contribution in [0, 0.1) is 0 Å². The summed E-state index contributed by atoms with van der Waals surface area (Å²) in [7, 11) is 0. The van der Waals surface area contributed by atoms with Crippen LogP contribution >= 0.6 is 0 Å². The van der Waals surface area contributed by atoms with E-state index >= 15 is 0 Å². The second-order valence-electron chi connectivity index (χ2n) is 4.36. The maximum absolute atomic E-state index is 13.1. The molecule has 0 aromatic carbocycles. The molecule has 0 unspecified atom stereocenters. The highest BCUT2D eigenvalue weighted by atomic mass is 19.4. The summed E-state index contributed by atoms with van der Waals surface area (Å²) in [4.78, 5) is 32.9. The number of aliphatic carboxylic acids is 1. The molecule has 0 saturated heterocycles. The van der Waals surface area contributed by atoms with Crippen LogP contribution in [0.15, 0.2) is 0 Å². The third-order valence-electron chi connectivity index (χ3n) is 2.56. The van der Waals surface area contributed by atoms with Crippen LogP contribution in [0.25, 0.3) is 0 Å². The van der Waals surface area contributed by atoms with Crippen molar-refractivity contribution in [1.29, 1.82) is 0 Å². The molecule has 140 valence electrons. The van der Waals surface area contributed by atoms with Gasteiger partial charge in [0.1, 0.15) is 6.04 Å². The summed E-state index contributed by atoms with van der Waals surface area (Å²) < 4.78 is 92.0. The van der Waals surface area contributed by atoms with Gasteiger partial charge in [-0.2, -0.15) is 30.7 Å². The van der Waals surface area contributed by atoms with E-state index in [2.05, 4.69) is 4.74 Å². The van der Waals surface area contributed by atoms with Gasteiger partial charge in [0.05, 0.1) is 6.61 Å². The Hall–Kier alpha value is -2.08. The van der Waals surface area contributed by atoms with Crippen molar-refractivity contribution < 1.29 is 55.0 Å². The summed E-state index contributed by atoms with van der Waals surface area (Å²) in [6, 6.07) is -2.14. The lowest BCUT2D eigenvalue weighted by Crippen LogP contribution is -2.61. The van der Waals surface area contributed by atoms with Gasteiger partial charge in [0.2, 0.25) is 0 Å². The number of carbonyl (C=O) groups excluding carboxylic acids is 2. The number of rotatable bonds is 8. The Kier molecular flexibility index (Phi) is 7.00. The predicted molar refractivity (Wildman–Crippen MR) is 61.4 cm³/mol. The first-order valence-electron chi connectivity index (χ1n) is 6.20. The molecule has 24 heavy (non-hydrogen) atoms. The number of amides is 1. The van der Waals surface area contributed by atoms with E-state index in [9.17, 15) is 45.1 Å². The first kappa shape index (κ1) is 21.9. The monoisotopic (exact) mass is 371 g/mol. The molecule has 0 rings (SSSR count). The Balaban J connectivity index is 5.35. The molecule has 0 heterocycles. The number of hydrogen-bond donors (Lipinski definition) is 2. The van der Waals surface area contributed by atoms with Crippen molar-refractivity contribution in [2.75, 3.05) is 6.61 Å². The highest BCUT2D eigenvalue weighted by Gasteiger charge is 2.76. The van der Waals surface area contributed by atoms with Gasteiger partial charge in [0.15, 0.2) is 0 Å². The Morgan fingerprint density at radius 3 is 1.96 bits per heavy atom. The Morgan fingerprint density at radius 1 is 1.08 bits per heavy atom. The summed E-state index contributed by atoms with van der Waals surface area (Å²) in [6.07, 6.45) is -8.45. The summed E-state index contributed by atoms with van der Waals surface area (Å²) in [5.74, 6) is -19.0. The molecular weight excluding hydrogens is 359 g/mol. The number of esters is 1. The molecule has 6 nitrogen and oxygen atoms in total. The quantitative estimate of drug-likeness (QED) is 0.501. The first-order chi connectivity index (χ1) is 10.7. The van der Waals surface area contributed by atoms with Gasteiger partial charge < -0.3 is 15.2 Å². The lowest BCUT2D eigenvalue weighted by atomic mass is 10.1. The minimum Gasteiger partial charge on any atom is -0.481 e. The van der Waals surface area contributed by atoms with Crippen molar-refractivity contribution in [2.45, 2.75) is 43.8 Å². The molecule has 0 aliphatic rings. The maximum atomic E-state index is 13.1. The number of alkyl halides is 7. The van der Waals surface area contributed by atoms with E-state index in [0.29, 0.717) is 0 Å². The van der Waals surface area contributed by atoms with Gasteiger partial charge in [0, 0.05) is 6.42 Å². The molecule has 0 aromatic heterocycles.